The van der Waals surface area contributed by atoms with Crippen LogP contribution in [0.4, 0.5) is 4.39 Å². The minimum Gasteiger partial charge on any atom is -0.387 e. The van der Waals surface area contributed by atoms with Crippen LogP contribution in [0.1, 0.15) is 30.9 Å². The maximum absolute atomic E-state index is 13.7. The van der Waals surface area contributed by atoms with Crippen LogP contribution in [0, 0.1) is 11.7 Å². The number of halogens is 1. The molecule has 1 aliphatic heterocycles. The quantitative estimate of drug-likeness (QED) is 0.905. The average Bonchev–Trinajstić information content (AvgIpc) is 2.49. The monoisotopic (exact) mass is 308 g/mol. The Labute approximate surface area is 131 Å². The summed E-state index contributed by atoms with van der Waals surface area (Å²) in [4.78, 5) is 15.5. The summed E-state index contributed by atoms with van der Waals surface area (Å²) in [7, 11) is 3.56. The van der Waals surface area contributed by atoms with Gasteiger partial charge in [0.05, 0.1) is 6.10 Å². The van der Waals surface area contributed by atoms with Gasteiger partial charge in [-0.05, 0) is 37.9 Å². The van der Waals surface area contributed by atoms with Crippen molar-refractivity contribution in [1.29, 1.82) is 0 Å². The third kappa shape index (κ3) is 4.52. The fourth-order valence-electron chi connectivity index (χ4n) is 2.89. The lowest BCUT2D eigenvalue weighted by Crippen LogP contribution is -2.38. The van der Waals surface area contributed by atoms with Crippen LogP contribution in [0.5, 0.6) is 0 Å². The number of carbonyl (C=O) groups is 1. The smallest absolute Gasteiger partial charge is 0.222 e. The van der Waals surface area contributed by atoms with Gasteiger partial charge < -0.3 is 14.9 Å². The Morgan fingerprint density at radius 3 is 2.59 bits per heavy atom. The molecule has 1 heterocycles. The van der Waals surface area contributed by atoms with E-state index in [1.54, 1.807) is 37.2 Å². The molecule has 0 saturated carbocycles. The first-order valence-corrected chi connectivity index (χ1v) is 7.82. The fraction of sp³-hybridized carbons (Fsp3) is 0.588. The van der Waals surface area contributed by atoms with Gasteiger partial charge in [-0.25, -0.2) is 4.39 Å². The van der Waals surface area contributed by atoms with Crippen molar-refractivity contribution in [3.8, 4) is 0 Å². The molecule has 0 spiro atoms. The van der Waals surface area contributed by atoms with Crippen LogP contribution < -0.4 is 0 Å². The molecule has 2 rings (SSSR count). The van der Waals surface area contributed by atoms with Gasteiger partial charge in [0.25, 0.3) is 0 Å². The van der Waals surface area contributed by atoms with Gasteiger partial charge >= 0.3 is 0 Å². The molecule has 1 unspecified atom stereocenters. The first kappa shape index (κ1) is 16.9. The number of β-amino-alcohol motifs (C(OH)–C–C–N with tert-alkyl or cyclic N) is 1. The number of piperidine rings is 1. The average molecular weight is 308 g/mol. The number of benzene rings is 1. The van der Waals surface area contributed by atoms with E-state index in [1.165, 1.54) is 6.07 Å². The predicted octanol–water partition coefficient (Wildman–Crippen LogP) is 2.05. The second-order valence-electron chi connectivity index (χ2n) is 6.27. The highest BCUT2D eigenvalue weighted by Crippen LogP contribution is 2.24. The Balaban J connectivity index is 1.80. The highest BCUT2D eigenvalue weighted by Gasteiger charge is 2.24. The molecule has 4 nitrogen and oxygen atoms in total. The van der Waals surface area contributed by atoms with Crippen molar-refractivity contribution in [2.45, 2.75) is 25.4 Å². The number of aliphatic hydroxyl groups is 1. The van der Waals surface area contributed by atoms with E-state index in [9.17, 15) is 14.3 Å². The zero-order chi connectivity index (χ0) is 16.1. The fourth-order valence-corrected chi connectivity index (χ4v) is 2.89. The summed E-state index contributed by atoms with van der Waals surface area (Å²) in [5.41, 5.74) is 0.354. The third-order valence-corrected chi connectivity index (χ3v) is 4.36. The highest BCUT2D eigenvalue weighted by molar-refractivity contribution is 5.75. The van der Waals surface area contributed by atoms with Crippen LogP contribution in [0.15, 0.2) is 24.3 Å². The summed E-state index contributed by atoms with van der Waals surface area (Å²) in [6, 6.07) is 6.36. The second-order valence-corrected chi connectivity index (χ2v) is 6.27. The number of nitrogens with zero attached hydrogens (tertiary/aromatic N) is 2. The minimum atomic E-state index is -0.804. The molecule has 22 heavy (non-hydrogen) atoms. The molecule has 0 aliphatic carbocycles. The number of carbonyl (C=O) groups excluding carboxylic acids is 1. The van der Waals surface area contributed by atoms with Crippen LogP contribution in [0.25, 0.3) is 0 Å². The van der Waals surface area contributed by atoms with Gasteiger partial charge in [-0.1, -0.05) is 18.2 Å². The molecule has 1 atom stereocenters. The van der Waals surface area contributed by atoms with Crippen LogP contribution in [0.3, 0.4) is 0 Å². The largest absolute Gasteiger partial charge is 0.387 e. The SMILES string of the molecule is CN(C)C(=O)CC1CCN(CC(O)c2ccccc2F)CC1. The number of hydrogen-bond acceptors (Lipinski definition) is 3. The molecule has 1 aromatic carbocycles. The van der Waals surface area contributed by atoms with E-state index < -0.39 is 6.10 Å². The van der Waals surface area contributed by atoms with Gasteiger partial charge in [-0.15, -0.1) is 0 Å². The summed E-state index contributed by atoms with van der Waals surface area (Å²) in [6.45, 7) is 2.13. The molecule has 0 bridgehead atoms. The molecule has 1 aliphatic rings. The zero-order valence-electron chi connectivity index (χ0n) is 13.3. The summed E-state index contributed by atoms with van der Waals surface area (Å²) >= 11 is 0. The lowest BCUT2D eigenvalue weighted by Gasteiger charge is -2.33. The third-order valence-electron chi connectivity index (χ3n) is 4.36. The van der Waals surface area contributed by atoms with E-state index >= 15 is 0 Å². The van der Waals surface area contributed by atoms with Crippen molar-refractivity contribution in [2.75, 3.05) is 33.7 Å². The van der Waals surface area contributed by atoms with Crippen LogP contribution in [-0.4, -0.2) is 54.5 Å². The van der Waals surface area contributed by atoms with Gasteiger partial charge in [0, 0.05) is 32.6 Å². The van der Waals surface area contributed by atoms with Crippen LogP contribution in [0.2, 0.25) is 0 Å². The Morgan fingerprint density at radius 2 is 2.00 bits per heavy atom. The molecule has 1 aromatic rings. The second kappa shape index (κ2) is 7.70. The summed E-state index contributed by atoms with van der Waals surface area (Å²) < 4.78 is 13.7. The maximum atomic E-state index is 13.7. The van der Waals surface area contributed by atoms with Crippen molar-refractivity contribution in [1.82, 2.24) is 9.80 Å². The van der Waals surface area contributed by atoms with E-state index in [1.807, 2.05) is 0 Å². The first-order valence-electron chi connectivity index (χ1n) is 7.82. The highest BCUT2D eigenvalue weighted by atomic mass is 19.1. The minimum absolute atomic E-state index is 0.171. The predicted molar refractivity (Wildman–Crippen MR) is 83.8 cm³/mol. The molecule has 5 heteroatoms. The van der Waals surface area contributed by atoms with Crippen molar-refractivity contribution in [3.63, 3.8) is 0 Å². The Hall–Kier alpha value is -1.46. The topological polar surface area (TPSA) is 43.8 Å². The number of rotatable bonds is 5. The summed E-state index contributed by atoms with van der Waals surface area (Å²) in [5, 5.41) is 10.2. The number of amides is 1. The van der Waals surface area contributed by atoms with Gasteiger partial charge in [-0.2, -0.15) is 0 Å². The lowest BCUT2D eigenvalue weighted by molar-refractivity contribution is -0.130. The maximum Gasteiger partial charge on any atom is 0.222 e. The number of hydrogen-bond donors (Lipinski definition) is 1. The molecule has 122 valence electrons. The number of likely N-dealkylation sites (tertiary alicyclic amines) is 1. The van der Waals surface area contributed by atoms with E-state index in [4.69, 9.17) is 0 Å². The molecular formula is C17H25FN2O2. The standard InChI is InChI=1S/C17H25FN2O2/c1-19(2)17(22)11-13-7-9-20(10-8-13)12-16(21)14-5-3-4-6-15(14)18/h3-6,13,16,21H,7-12H2,1-2H3. The molecule has 1 saturated heterocycles. The van der Waals surface area contributed by atoms with Crippen molar-refractivity contribution < 1.29 is 14.3 Å². The molecule has 1 N–H and O–H groups in total. The van der Waals surface area contributed by atoms with Crippen LogP contribution in [-0.2, 0) is 4.79 Å². The van der Waals surface area contributed by atoms with E-state index in [0.29, 0.717) is 24.4 Å². The molecule has 1 amide bonds. The van der Waals surface area contributed by atoms with Crippen molar-refractivity contribution in [3.05, 3.63) is 35.6 Å². The van der Waals surface area contributed by atoms with Gasteiger partial charge in [0.1, 0.15) is 5.82 Å². The molecular weight excluding hydrogens is 283 g/mol. The normalized spacial score (nSPS) is 18.2. The van der Waals surface area contributed by atoms with Gasteiger partial charge in [-0.3, -0.25) is 4.79 Å². The van der Waals surface area contributed by atoms with Crippen LogP contribution >= 0.6 is 0 Å². The first-order chi connectivity index (χ1) is 10.5. The molecule has 1 fully saturated rings. The lowest BCUT2D eigenvalue weighted by atomic mass is 9.92. The molecule has 0 radical (unpaired) electrons. The van der Waals surface area contributed by atoms with E-state index in [2.05, 4.69) is 4.90 Å². The zero-order valence-corrected chi connectivity index (χ0v) is 13.3. The number of aliphatic hydroxyl groups excluding tert-OH is 1. The molecule has 0 aromatic heterocycles. The van der Waals surface area contributed by atoms with E-state index in [0.717, 1.165) is 25.9 Å². The summed E-state index contributed by atoms with van der Waals surface area (Å²) in [5.74, 6) is 0.225. The Bertz CT molecular complexity index is 499. The van der Waals surface area contributed by atoms with Crippen molar-refractivity contribution >= 4 is 5.91 Å². The van der Waals surface area contributed by atoms with Gasteiger partial charge in [0.2, 0.25) is 5.91 Å². The Kier molecular flexibility index (Phi) is 5.91. The summed E-state index contributed by atoms with van der Waals surface area (Å²) in [6.07, 6.45) is 1.69. The van der Waals surface area contributed by atoms with Crippen molar-refractivity contribution in [2.24, 2.45) is 5.92 Å². The Morgan fingerprint density at radius 1 is 1.36 bits per heavy atom. The van der Waals surface area contributed by atoms with E-state index in [-0.39, 0.29) is 11.7 Å². The van der Waals surface area contributed by atoms with Gasteiger partial charge in [0.15, 0.2) is 0 Å².